The summed E-state index contributed by atoms with van der Waals surface area (Å²) in [6.07, 6.45) is -4.41. The quantitative estimate of drug-likeness (QED) is 0.471. The predicted molar refractivity (Wildman–Crippen MR) is 46.8 cm³/mol. The van der Waals surface area contributed by atoms with E-state index in [-0.39, 0.29) is 6.61 Å². The van der Waals surface area contributed by atoms with E-state index < -0.39 is 29.6 Å². The van der Waals surface area contributed by atoms with Crippen LogP contribution >= 0.6 is 0 Å². The lowest BCUT2D eigenvalue weighted by Gasteiger charge is -2.11. The number of rotatable bonds is 3. The van der Waals surface area contributed by atoms with Crippen LogP contribution in [0, 0.1) is 5.95 Å². The molecule has 8 heteroatoms. The molecule has 1 rings (SSSR count). The molecule has 4 nitrogen and oxygen atoms in total. The van der Waals surface area contributed by atoms with Gasteiger partial charge in [0, 0.05) is 12.3 Å². The molecule has 0 aliphatic heterocycles. The van der Waals surface area contributed by atoms with Crippen LogP contribution in [0.4, 0.5) is 17.6 Å². The van der Waals surface area contributed by atoms with Gasteiger partial charge in [0.25, 0.3) is 0 Å². The molecule has 1 aromatic rings. The molecule has 0 spiro atoms. The van der Waals surface area contributed by atoms with Gasteiger partial charge in [-0.1, -0.05) is 0 Å². The van der Waals surface area contributed by atoms with Crippen molar-refractivity contribution in [1.29, 1.82) is 0 Å². The second-order valence-electron chi connectivity index (χ2n) is 2.77. The summed E-state index contributed by atoms with van der Waals surface area (Å²) in [5.74, 6) is -3.25. The Hall–Kier alpha value is -1.86. The fourth-order valence-corrected chi connectivity index (χ4v) is 0.984. The van der Waals surface area contributed by atoms with Crippen molar-refractivity contribution in [2.45, 2.75) is 13.3 Å². The molecule has 0 N–H and O–H groups in total. The maximum absolute atomic E-state index is 12.7. The summed E-state index contributed by atoms with van der Waals surface area (Å²) in [6, 6.07) is 0.361. The van der Waals surface area contributed by atoms with Crippen LogP contribution in [-0.2, 0) is 4.74 Å². The first-order chi connectivity index (χ1) is 7.83. The van der Waals surface area contributed by atoms with Gasteiger partial charge in [-0.05, 0) is 6.92 Å². The lowest BCUT2D eigenvalue weighted by Crippen LogP contribution is -2.20. The van der Waals surface area contributed by atoms with E-state index >= 15 is 0 Å². The second-order valence-corrected chi connectivity index (χ2v) is 2.77. The lowest BCUT2D eigenvalue weighted by molar-refractivity contribution is -0.274. The number of nitrogens with zero attached hydrogens (tertiary/aromatic N) is 1. The SMILES string of the molecule is CCOC(=O)c1cnc(F)cc1OC(F)(F)F. The second kappa shape index (κ2) is 4.98. The van der Waals surface area contributed by atoms with Crippen LogP contribution in [0.2, 0.25) is 0 Å². The number of alkyl halides is 3. The van der Waals surface area contributed by atoms with E-state index in [4.69, 9.17) is 0 Å². The average molecular weight is 253 g/mol. The molecule has 0 radical (unpaired) electrons. The van der Waals surface area contributed by atoms with E-state index in [9.17, 15) is 22.4 Å². The summed E-state index contributed by atoms with van der Waals surface area (Å²) in [4.78, 5) is 14.3. The number of hydrogen-bond donors (Lipinski definition) is 0. The van der Waals surface area contributed by atoms with Gasteiger partial charge in [0.05, 0.1) is 6.61 Å². The van der Waals surface area contributed by atoms with Gasteiger partial charge in [-0.2, -0.15) is 4.39 Å². The number of hydrogen-bond acceptors (Lipinski definition) is 4. The molecule has 0 fully saturated rings. The molecule has 0 aromatic carbocycles. The molecule has 17 heavy (non-hydrogen) atoms. The fraction of sp³-hybridized carbons (Fsp3) is 0.333. The summed E-state index contributed by atoms with van der Waals surface area (Å²) in [7, 11) is 0. The predicted octanol–water partition coefficient (Wildman–Crippen LogP) is 2.30. The molecule has 1 aromatic heterocycles. The Morgan fingerprint density at radius 3 is 2.65 bits per heavy atom. The van der Waals surface area contributed by atoms with E-state index in [1.165, 1.54) is 6.92 Å². The van der Waals surface area contributed by atoms with Gasteiger partial charge in [0.15, 0.2) is 0 Å². The lowest BCUT2D eigenvalue weighted by atomic mass is 10.2. The zero-order valence-electron chi connectivity index (χ0n) is 8.55. The average Bonchev–Trinajstić information content (AvgIpc) is 2.15. The van der Waals surface area contributed by atoms with Gasteiger partial charge >= 0.3 is 12.3 Å². The van der Waals surface area contributed by atoms with Crippen molar-refractivity contribution in [3.05, 3.63) is 23.8 Å². The molecule has 0 amide bonds. The number of esters is 1. The molecule has 0 saturated carbocycles. The molecular weight excluding hydrogens is 246 g/mol. The normalized spacial score (nSPS) is 11.1. The van der Waals surface area contributed by atoms with Crippen LogP contribution in [0.5, 0.6) is 5.75 Å². The Kier molecular flexibility index (Phi) is 3.87. The van der Waals surface area contributed by atoms with E-state index in [1.54, 1.807) is 0 Å². The Balaban J connectivity index is 3.08. The van der Waals surface area contributed by atoms with Crippen LogP contribution in [-0.4, -0.2) is 23.9 Å². The molecule has 94 valence electrons. The van der Waals surface area contributed by atoms with Crippen LogP contribution < -0.4 is 4.74 Å². The largest absolute Gasteiger partial charge is 0.573 e. The van der Waals surface area contributed by atoms with E-state index in [2.05, 4.69) is 14.5 Å². The molecule has 0 unspecified atom stereocenters. The topological polar surface area (TPSA) is 48.4 Å². The van der Waals surface area contributed by atoms with E-state index in [1.807, 2.05) is 0 Å². The van der Waals surface area contributed by atoms with Gasteiger partial charge < -0.3 is 9.47 Å². The minimum atomic E-state index is -5.03. The number of ether oxygens (including phenoxy) is 2. The molecule has 0 aliphatic rings. The maximum Gasteiger partial charge on any atom is 0.573 e. The zero-order chi connectivity index (χ0) is 13.1. The Bertz CT molecular complexity index is 419. The summed E-state index contributed by atoms with van der Waals surface area (Å²) in [5.41, 5.74) is -0.592. The summed E-state index contributed by atoms with van der Waals surface area (Å²) >= 11 is 0. The maximum atomic E-state index is 12.7. The number of carbonyl (C=O) groups excluding carboxylic acids is 1. The molecule has 0 saturated heterocycles. The summed E-state index contributed by atoms with van der Waals surface area (Å²) in [5, 5.41) is 0. The monoisotopic (exact) mass is 253 g/mol. The Labute approximate surface area is 93.2 Å². The highest BCUT2D eigenvalue weighted by molar-refractivity contribution is 5.92. The van der Waals surface area contributed by atoms with Crippen molar-refractivity contribution in [3.63, 3.8) is 0 Å². The summed E-state index contributed by atoms with van der Waals surface area (Å²) in [6.45, 7) is 1.43. The number of carbonyl (C=O) groups is 1. The van der Waals surface area contributed by atoms with Gasteiger partial charge in [0.1, 0.15) is 11.3 Å². The standard InChI is InChI=1S/C9H7F4NO3/c1-2-16-8(15)5-4-14-7(10)3-6(5)17-9(11,12)13/h3-4H,2H2,1H3. The van der Waals surface area contributed by atoms with Crippen molar-refractivity contribution in [1.82, 2.24) is 4.98 Å². The number of pyridine rings is 1. The smallest absolute Gasteiger partial charge is 0.462 e. The van der Waals surface area contributed by atoms with Crippen molar-refractivity contribution in [3.8, 4) is 5.75 Å². The highest BCUT2D eigenvalue weighted by Gasteiger charge is 2.33. The molecule has 1 heterocycles. The summed E-state index contributed by atoms with van der Waals surface area (Å²) < 4.78 is 56.6. The molecule has 0 bridgehead atoms. The van der Waals surface area contributed by atoms with Crippen molar-refractivity contribution >= 4 is 5.97 Å². The van der Waals surface area contributed by atoms with Gasteiger partial charge in [-0.25, -0.2) is 9.78 Å². The van der Waals surface area contributed by atoms with Gasteiger partial charge in [-0.3, -0.25) is 0 Å². The first-order valence-corrected chi connectivity index (χ1v) is 4.42. The minimum Gasteiger partial charge on any atom is -0.462 e. The number of aromatic nitrogens is 1. The molecular formula is C9H7F4NO3. The first-order valence-electron chi connectivity index (χ1n) is 4.42. The fourth-order valence-electron chi connectivity index (χ4n) is 0.984. The van der Waals surface area contributed by atoms with E-state index in [0.717, 1.165) is 0 Å². The number of halogens is 4. The third kappa shape index (κ3) is 3.89. The Morgan fingerprint density at radius 1 is 1.47 bits per heavy atom. The molecule has 0 aliphatic carbocycles. The molecule has 0 atom stereocenters. The highest BCUT2D eigenvalue weighted by Crippen LogP contribution is 2.26. The van der Waals surface area contributed by atoms with Crippen molar-refractivity contribution < 1.29 is 31.8 Å². The third-order valence-corrected chi connectivity index (χ3v) is 1.55. The Morgan fingerprint density at radius 2 is 2.12 bits per heavy atom. The van der Waals surface area contributed by atoms with E-state index in [0.29, 0.717) is 12.3 Å². The minimum absolute atomic E-state index is 0.0400. The third-order valence-electron chi connectivity index (χ3n) is 1.55. The van der Waals surface area contributed by atoms with Crippen LogP contribution in [0.15, 0.2) is 12.3 Å². The van der Waals surface area contributed by atoms with Crippen molar-refractivity contribution in [2.75, 3.05) is 6.61 Å². The highest BCUT2D eigenvalue weighted by atomic mass is 19.4. The van der Waals surface area contributed by atoms with Crippen LogP contribution in [0.3, 0.4) is 0 Å². The zero-order valence-corrected chi connectivity index (χ0v) is 8.55. The van der Waals surface area contributed by atoms with Crippen molar-refractivity contribution in [2.24, 2.45) is 0 Å². The first kappa shape index (κ1) is 13.2. The van der Waals surface area contributed by atoms with Gasteiger partial charge in [0.2, 0.25) is 5.95 Å². The van der Waals surface area contributed by atoms with Gasteiger partial charge in [-0.15, -0.1) is 13.2 Å². The van der Waals surface area contributed by atoms with Crippen LogP contribution in [0.1, 0.15) is 17.3 Å². The van der Waals surface area contributed by atoms with Crippen LogP contribution in [0.25, 0.3) is 0 Å².